The van der Waals surface area contributed by atoms with Crippen LogP contribution in [-0.2, 0) is 6.42 Å². The molecule has 0 saturated carbocycles. The van der Waals surface area contributed by atoms with Crippen LogP contribution in [0.3, 0.4) is 0 Å². The van der Waals surface area contributed by atoms with E-state index < -0.39 is 11.9 Å². The highest BCUT2D eigenvalue weighted by Gasteiger charge is 2.16. The first kappa shape index (κ1) is 14.2. The molecule has 2 aromatic rings. The molecule has 2 rings (SSSR count). The summed E-state index contributed by atoms with van der Waals surface area (Å²) < 4.78 is 4.90. The van der Waals surface area contributed by atoms with E-state index in [1.807, 2.05) is 0 Å². The van der Waals surface area contributed by atoms with Gasteiger partial charge >= 0.3 is 5.97 Å². The lowest BCUT2D eigenvalue weighted by atomic mass is 10.1. The zero-order chi connectivity index (χ0) is 14.7. The first-order valence-corrected chi connectivity index (χ1v) is 6.74. The first-order chi connectivity index (χ1) is 9.45. The predicted octanol–water partition coefficient (Wildman–Crippen LogP) is 2.28. The summed E-state index contributed by atoms with van der Waals surface area (Å²) in [5, 5.41) is 20.2. The van der Waals surface area contributed by atoms with Crippen molar-refractivity contribution in [1.82, 2.24) is 10.2 Å². The van der Waals surface area contributed by atoms with Crippen LogP contribution in [0, 0.1) is 5.92 Å². The number of aromatic nitrogens is 2. The Labute approximate surface area is 118 Å². The van der Waals surface area contributed by atoms with Crippen LogP contribution in [0.2, 0.25) is 0 Å². The highest BCUT2D eigenvalue weighted by molar-refractivity contribution is 7.15. The fraction of sp³-hybridized carbons (Fsp3) is 0.333. The molecule has 2 heterocycles. The summed E-state index contributed by atoms with van der Waals surface area (Å²) in [4.78, 5) is 22.5. The Kier molecular flexibility index (Phi) is 4.14. The van der Waals surface area contributed by atoms with E-state index in [0.29, 0.717) is 11.0 Å². The highest BCUT2D eigenvalue weighted by atomic mass is 32.1. The molecule has 0 aliphatic carbocycles. The number of carboxylic acids is 1. The number of carbonyl (C=O) groups excluding carboxylic acids is 1. The van der Waals surface area contributed by atoms with E-state index in [1.54, 1.807) is 0 Å². The number of carboxylic acid groups (broad SMARTS) is 1. The van der Waals surface area contributed by atoms with Gasteiger partial charge in [0, 0.05) is 6.42 Å². The van der Waals surface area contributed by atoms with Crippen LogP contribution in [0.4, 0.5) is 5.13 Å². The molecule has 2 aromatic heterocycles. The number of hydrogen-bond acceptors (Lipinski definition) is 6. The van der Waals surface area contributed by atoms with E-state index in [2.05, 4.69) is 29.4 Å². The second-order valence-electron chi connectivity index (χ2n) is 4.52. The van der Waals surface area contributed by atoms with Crippen molar-refractivity contribution >= 4 is 28.3 Å². The molecular formula is C12H13N3O4S. The third-order valence-electron chi connectivity index (χ3n) is 2.31. The number of nitrogens with zero attached hydrogens (tertiary/aromatic N) is 2. The molecule has 2 N–H and O–H groups in total. The van der Waals surface area contributed by atoms with Gasteiger partial charge in [0.25, 0.3) is 5.91 Å². The molecule has 0 aliphatic rings. The third kappa shape index (κ3) is 3.41. The monoisotopic (exact) mass is 295 g/mol. The summed E-state index contributed by atoms with van der Waals surface area (Å²) in [5.74, 6) is -1.69. The summed E-state index contributed by atoms with van der Waals surface area (Å²) >= 11 is 1.29. The molecule has 20 heavy (non-hydrogen) atoms. The summed E-state index contributed by atoms with van der Waals surface area (Å²) in [6.07, 6.45) is 0.789. The minimum Gasteiger partial charge on any atom is -0.475 e. The van der Waals surface area contributed by atoms with Gasteiger partial charge in [0.15, 0.2) is 5.76 Å². The standard InChI is InChI=1S/C12H13N3O4S/c1-6(2)5-9-14-15-12(20-9)13-10(16)7-3-4-8(19-7)11(17)18/h3-4,6H,5H2,1-2H3,(H,17,18)(H,13,15,16). The van der Waals surface area contributed by atoms with E-state index >= 15 is 0 Å². The molecule has 0 aromatic carbocycles. The minimum atomic E-state index is -1.22. The second-order valence-corrected chi connectivity index (χ2v) is 5.58. The van der Waals surface area contributed by atoms with Gasteiger partial charge in [-0.3, -0.25) is 10.1 Å². The Balaban J connectivity index is 2.03. The van der Waals surface area contributed by atoms with Gasteiger partial charge in [-0.2, -0.15) is 0 Å². The van der Waals surface area contributed by atoms with Gasteiger partial charge < -0.3 is 9.52 Å². The summed E-state index contributed by atoms with van der Waals surface area (Å²) in [6, 6.07) is 2.52. The highest BCUT2D eigenvalue weighted by Crippen LogP contribution is 2.19. The van der Waals surface area contributed by atoms with E-state index in [0.717, 1.165) is 11.4 Å². The Bertz CT molecular complexity index is 632. The molecule has 0 saturated heterocycles. The summed E-state index contributed by atoms with van der Waals surface area (Å²) in [7, 11) is 0. The molecular weight excluding hydrogens is 282 g/mol. The normalized spacial score (nSPS) is 10.8. The maximum atomic E-state index is 11.8. The molecule has 106 valence electrons. The number of carbonyl (C=O) groups is 2. The van der Waals surface area contributed by atoms with Crippen LogP contribution in [0.1, 0.15) is 40.0 Å². The Morgan fingerprint density at radius 3 is 2.65 bits per heavy atom. The maximum absolute atomic E-state index is 11.8. The van der Waals surface area contributed by atoms with Gasteiger partial charge in [-0.1, -0.05) is 25.2 Å². The number of aromatic carboxylic acids is 1. The smallest absolute Gasteiger partial charge is 0.371 e. The van der Waals surface area contributed by atoms with Crippen molar-refractivity contribution in [2.75, 3.05) is 5.32 Å². The topological polar surface area (TPSA) is 105 Å². The van der Waals surface area contributed by atoms with Gasteiger partial charge in [0.2, 0.25) is 10.9 Å². The van der Waals surface area contributed by atoms with Crippen molar-refractivity contribution in [2.24, 2.45) is 5.92 Å². The molecule has 0 unspecified atom stereocenters. The quantitative estimate of drug-likeness (QED) is 0.876. The van der Waals surface area contributed by atoms with Crippen LogP contribution in [-0.4, -0.2) is 27.2 Å². The number of amides is 1. The average molecular weight is 295 g/mol. The van der Waals surface area contributed by atoms with Crippen molar-refractivity contribution < 1.29 is 19.1 Å². The minimum absolute atomic E-state index is 0.0805. The van der Waals surface area contributed by atoms with Crippen molar-refractivity contribution in [2.45, 2.75) is 20.3 Å². The van der Waals surface area contributed by atoms with Gasteiger partial charge in [0.1, 0.15) is 5.01 Å². The van der Waals surface area contributed by atoms with Gasteiger partial charge in [-0.25, -0.2) is 4.79 Å². The zero-order valence-corrected chi connectivity index (χ0v) is 11.7. The number of nitrogens with one attached hydrogen (secondary N) is 1. The van der Waals surface area contributed by atoms with Gasteiger partial charge in [-0.15, -0.1) is 10.2 Å². The van der Waals surface area contributed by atoms with E-state index in [-0.39, 0.29) is 11.5 Å². The Morgan fingerprint density at radius 2 is 2.05 bits per heavy atom. The maximum Gasteiger partial charge on any atom is 0.371 e. The van der Waals surface area contributed by atoms with Gasteiger partial charge in [0.05, 0.1) is 0 Å². The van der Waals surface area contributed by atoms with Crippen LogP contribution >= 0.6 is 11.3 Å². The zero-order valence-electron chi connectivity index (χ0n) is 10.9. The van der Waals surface area contributed by atoms with Crippen molar-refractivity contribution in [3.63, 3.8) is 0 Å². The molecule has 8 heteroatoms. The number of anilines is 1. The average Bonchev–Trinajstić information content (AvgIpc) is 2.97. The van der Waals surface area contributed by atoms with Crippen LogP contribution < -0.4 is 5.32 Å². The van der Waals surface area contributed by atoms with Crippen molar-refractivity contribution in [1.29, 1.82) is 0 Å². The molecule has 7 nitrogen and oxygen atoms in total. The molecule has 0 fully saturated rings. The van der Waals surface area contributed by atoms with Crippen LogP contribution in [0.15, 0.2) is 16.5 Å². The molecule has 0 atom stereocenters. The van der Waals surface area contributed by atoms with Crippen molar-refractivity contribution in [3.05, 3.63) is 28.7 Å². The lowest BCUT2D eigenvalue weighted by Crippen LogP contribution is -2.10. The molecule has 0 radical (unpaired) electrons. The predicted molar refractivity (Wildman–Crippen MR) is 72.1 cm³/mol. The molecule has 0 spiro atoms. The second kappa shape index (κ2) is 5.83. The first-order valence-electron chi connectivity index (χ1n) is 5.92. The largest absolute Gasteiger partial charge is 0.475 e. The van der Waals surface area contributed by atoms with Crippen LogP contribution in [0.5, 0.6) is 0 Å². The SMILES string of the molecule is CC(C)Cc1nnc(NC(=O)c2ccc(C(=O)O)o2)s1. The molecule has 0 aliphatic heterocycles. The fourth-order valence-corrected chi connectivity index (χ4v) is 2.42. The lowest BCUT2D eigenvalue weighted by molar-refractivity contribution is 0.0660. The van der Waals surface area contributed by atoms with E-state index in [1.165, 1.54) is 23.5 Å². The Morgan fingerprint density at radius 1 is 1.35 bits per heavy atom. The number of furan rings is 1. The van der Waals surface area contributed by atoms with Crippen molar-refractivity contribution in [3.8, 4) is 0 Å². The number of hydrogen-bond donors (Lipinski definition) is 2. The lowest BCUT2D eigenvalue weighted by Gasteiger charge is -1.98. The Hall–Kier alpha value is -2.22. The fourth-order valence-electron chi connectivity index (χ4n) is 1.47. The molecule has 0 bridgehead atoms. The van der Waals surface area contributed by atoms with Gasteiger partial charge in [-0.05, 0) is 18.1 Å². The summed E-state index contributed by atoms with van der Waals surface area (Å²) in [6.45, 7) is 4.13. The third-order valence-corrected chi connectivity index (χ3v) is 3.17. The van der Waals surface area contributed by atoms with E-state index in [9.17, 15) is 9.59 Å². The van der Waals surface area contributed by atoms with Crippen LogP contribution in [0.25, 0.3) is 0 Å². The molecule has 1 amide bonds. The summed E-state index contributed by atoms with van der Waals surface area (Å²) in [5.41, 5.74) is 0. The number of rotatable bonds is 5. The van der Waals surface area contributed by atoms with E-state index in [4.69, 9.17) is 9.52 Å².